The number of carbonyl (C=O) groups excluding carboxylic acids is 1. The summed E-state index contributed by atoms with van der Waals surface area (Å²) >= 11 is 1.60. The number of aryl methyl sites for hydroxylation is 1. The van der Waals surface area contributed by atoms with E-state index >= 15 is 0 Å². The van der Waals surface area contributed by atoms with Crippen molar-refractivity contribution in [3.05, 3.63) is 17.0 Å². The molecular formula is C10H15NOS. The Morgan fingerprint density at radius 2 is 2.31 bits per heavy atom. The molecule has 1 aromatic heterocycles. The van der Waals surface area contributed by atoms with E-state index in [4.69, 9.17) is 0 Å². The molecule has 0 saturated heterocycles. The molecule has 0 aliphatic carbocycles. The second-order valence-electron chi connectivity index (χ2n) is 2.93. The fourth-order valence-corrected chi connectivity index (χ4v) is 2.04. The summed E-state index contributed by atoms with van der Waals surface area (Å²) in [6, 6.07) is 2.06. The van der Waals surface area contributed by atoms with E-state index in [2.05, 4.69) is 18.3 Å². The Morgan fingerprint density at radius 1 is 1.54 bits per heavy atom. The highest BCUT2D eigenvalue weighted by Crippen LogP contribution is 2.23. The van der Waals surface area contributed by atoms with Crippen LogP contribution in [0.3, 0.4) is 0 Å². The molecule has 0 aliphatic heterocycles. The van der Waals surface area contributed by atoms with Gasteiger partial charge < -0.3 is 5.32 Å². The van der Waals surface area contributed by atoms with Crippen molar-refractivity contribution in [1.82, 2.24) is 0 Å². The Bertz CT molecular complexity index is 280. The molecule has 0 radical (unpaired) electrons. The Morgan fingerprint density at radius 3 is 2.92 bits per heavy atom. The van der Waals surface area contributed by atoms with Gasteiger partial charge in [-0.3, -0.25) is 4.79 Å². The Balaban J connectivity index is 2.57. The third kappa shape index (κ3) is 2.84. The summed E-state index contributed by atoms with van der Waals surface area (Å²) < 4.78 is 0. The third-order valence-corrected chi connectivity index (χ3v) is 2.73. The average molecular weight is 197 g/mol. The molecular weight excluding hydrogens is 182 g/mol. The third-order valence-electron chi connectivity index (χ3n) is 1.86. The van der Waals surface area contributed by atoms with Crippen LogP contribution in [-0.4, -0.2) is 5.91 Å². The molecule has 3 heteroatoms. The van der Waals surface area contributed by atoms with Gasteiger partial charge in [-0.05, 0) is 29.9 Å². The first-order valence-corrected chi connectivity index (χ1v) is 5.52. The van der Waals surface area contributed by atoms with Gasteiger partial charge in [-0.1, -0.05) is 13.8 Å². The number of hydrogen-bond donors (Lipinski definition) is 1. The maximum atomic E-state index is 11.3. The molecule has 0 spiro atoms. The lowest BCUT2D eigenvalue weighted by Gasteiger charge is -2.03. The van der Waals surface area contributed by atoms with E-state index < -0.39 is 0 Å². The van der Waals surface area contributed by atoms with Crippen molar-refractivity contribution >= 4 is 22.2 Å². The molecule has 0 fully saturated rings. The first kappa shape index (κ1) is 10.3. The van der Waals surface area contributed by atoms with Crippen molar-refractivity contribution in [2.75, 3.05) is 5.32 Å². The fraction of sp³-hybridized carbons (Fsp3) is 0.500. The number of anilines is 1. The molecule has 1 amide bonds. The van der Waals surface area contributed by atoms with E-state index in [1.54, 1.807) is 11.3 Å². The van der Waals surface area contributed by atoms with Crippen LogP contribution in [0.25, 0.3) is 0 Å². The number of amides is 1. The van der Waals surface area contributed by atoms with Crippen molar-refractivity contribution in [2.24, 2.45) is 0 Å². The van der Waals surface area contributed by atoms with E-state index in [-0.39, 0.29) is 5.91 Å². The van der Waals surface area contributed by atoms with Gasteiger partial charge >= 0.3 is 0 Å². The van der Waals surface area contributed by atoms with Crippen LogP contribution < -0.4 is 5.32 Å². The summed E-state index contributed by atoms with van der Waals surface area (Å²) in [7, 11) is 0. The minimum absolute atomic E-state index is 0.125. The predicted octanol–water partition coefficient (Wildman–Crippen LogP) is 3.05. The lowest BCUT2D eigenvalue weighted by molar-refractivity contribution is -0.116. The number of rotatable bonds is 4. The largest absolute Gasteiger partial charge is 0.317 e. The van der Waals surface area contributed by atoms with Crippen molar-refractivity contribution in [3.63, 3.8) is 0 Å². The first-order chi connectivity index (χ1) is 6.27. The van der Waals surface area contributed by atoms with Gasteiger partial charge in [-0.15, -0.1) is 11.3 Å². The van der Waals surface area contributed by atoms with E-state index in [1.807, 2.05) is 12.3 Å². The van der Waals surface area contributed by atoms with Gasteiger partial charge in [0, 0.05) is 6.42 Å². The fourth-order valence-electron chi connectivity index (χ4n) is 1.14. The number of hydrogen-bond acceptors (Lipinski definition) is 2. The van der Waals surface area contributed by atoms with Crippen LogP contribution >= 0.6 is 11.3 Å². The van der Waals surface area contributed by atoms with Crippen molar-refractivity contribution in [1.29, 1.82) is 0 Å². The zero-order valence-electron chi connectivity index (χ0n) is 8.09. The molecule has 1 N–H and O–H groups in total. The number of nitrogens with one attached hydrogen (secondary N) is 1. The van der Waals surface area contributed by atoms with Gasteiger partial charge in [-0.2, -0.15) is 0 Å². The van der Waals surface area contributed by atoms with Crippen molar-refractivity contribution in [3.8, 4) is 0 Å². The van der Waals surface area contributed by atoms with Gasteiger partial charge in [0.1, 0.15) is 0 Å². The van der Waals surface area contributed by atoms with Crippen molar-refractivity contribution in [2.45, 2.75) is 33.1 Å². The molecule has 0 saturated carbocycles. The highest BCUT2D eigenvalue weighted by atomic mass is 32.1. The number of carbonyl (C=O) groups is 1. The van der Waals surface area contributed by atoms with Gasteiger partial charge in [-0.25, -0.2) is 0 Å². The smallest absolute Gasteiger partial charge is 0.224 e. The van der Waals surface area contributed by atoms with Crippen LogP contribution in [0.5, 0.6) is 0 Å². The van der Waals surface area contributed by atoms with E-state index in [9.17, 15) is 4.79 Å². The second kappa shape index (κ2) is 5.02. The van der Waals surface area contributed by atoms with Crippen LogP contribution in [0.4, 0.5) is 5.00 Å². The predicted molar refractivity (Wildman–Crippen MR) is 57.2 cm³/mol. The van der Waals surface area contributed by atoms with Gasteiger partial charge in [0.05, 0.1) is 5.00 Å². The topological polar surface area (TPSA) is 29.1 Å². The summed E-state index contributed by atoms with van der Waals surface area (Å²) in [4.78, 5) is 11.3. The summed E-state index contributed by atoms with van der Waals surface area (Å²) in [5.41, 5.74) is 1.23. The molecule has 2 nitrogen and oxygen atoms in total. The lowest BCUT2D eigenvalue weighted by atomic mass is 10.2. The van der Waals surface area contributed by atoms with Gasteiger partial charge in [0.25, 0.3) is 0 Å². The van der Waals surface area contributed by atoms with Crippen molar-refractivity contribution < 1.29 is 4.79 Å². The summed E-state index contributed by atoms with van der Waals surface area (Å²) in [5, 5.41) is 5.95. The minimum atomic E-state index is 0.125. The zero-order chi connectivity index (χ0) is 9.68. The SMILES string of the molecule is CCCC(=O)Nc1sccc1CC. The van der Waals surface area contributed by atoms with Crippen LogP contribution in [0.2, 0.25) is 0 Å². The molecule has 72 valence electrons. The molecule has 0 atom stereocenters. The maximum absolute atomic E-state index is 11.3. The molecule has 13 heavy (non-hydrogen) atoms. The second-order valence-corrected chi connectivity index (χ2v) is 3.84. The standard InChI is InChI=1S/C10H15NOS/c1-3-5-9(12)11-10-8(4-2)6-7-13-10/h6-7H,3-5H2,1-2H3,(H,11,12). The highest BCUT2D eigenvalue weighted by Gasteiger charge is 2.05. The quantitative estimate of drug-likeness (QED) is 0.789. The van der Waals surface area contributed by atoms with E-state index in [1.165, 1.54) is 5.56 Å². The normalized spacial score (nSPS) is 10.0. The maximum Gasteiger partial charge on any atom is 0.224 e. The van der Waals surface area contributed by atoms with Gasteiger partial charge in [0.15, 0.2) is 0 Å². The van der Waals surface area contributed by atoms with Gasteiger partial charge in [0.2, 0.25) is 5.91 Å². The zero-order valence-corrected chi connectivity index (χ0v) is 8.91. The molecule has 0 unspecified atom stereocenters. The molecule has 0 aromatic carbocycles. The van der Waals surface area contributed by atoms with Crippen LogP contribution in [0.1, 0.15) is 32.3 Å². The molecule has 0 aliphatic rings. The molecule has 1 heterocycles. The Hall–Kier alpha value is -0.830. The van der Waals surface area contributed by atoms with Crippen LogP contribution in [0.15, 0.2) is 11.4 Å². The average Bonchev–Trinajstić information content (AvgIpc) is 2.52. The van der Waals surface area contributed by atoms with E-state index in [0.717, 1.165) is 17.8 Å². The minimum Gasteiger partial charge on any atom is -0.317 e. The summed E-state index contributed by atoms with van der Waals surface area (Å²) in [6.45, 7) is 4.10. The number of thiophene rings is 1. The lowest BCUT2D eigenvalue weighted by Crippen LogP contribution is -2.10. The molecule has 0 bridgehead atoms. The monoisotopic (exact) mass is 197 g/mol. The Kier molecular flexibility index (Phi) is 3.96. The molecule has 1 aromatic rings. The Labute approximate surface area is 83.0 Å². The first-order valence-electron chi connectivity index (χ1n) is 4.64. The highest BCUT2D eigenvalue weighted by molar-refractivity contribution is 7.14. The van der Waals surface area contributed by atoms with Crippen LogP contribution in [0, 0.1) is 0 Å². The summed E-state index contributed by atoms with van der Waals surface area (Å²) in [6.07, 6.45) is 2.49. The van der Waals surface area contributed by atoms with E-state index in [0.29, 0.717) is 6.42 Å². The molecule has 1 rings (SSSR count). The summed E-state index contributed by atoms with van der Waals surface area (Å²) in [5.74, 6) is 0.125. The van der Waals surface area contributed by atoms with Crippen LogP contribution in [-0.2, 0) is 11.2 Å².